The molecule has 3 aromatic rings. The van der Waals surface area contributed by atoms with Gasteiger partial charge in [-0.2, -0.15) is 0 Å². The van der Waals surface area contributed by atoms with Gasteiger partial charge in [-0.15, -0.1) is 0 Å². The fraction of sp³-hybridized carbons (Fsp3) is 0.174. The predicted molar refractivity (Wildman–Crippen MR) is 118 cm³/mol. The highest BCUT2D eigenvalue weighted by atomic mass is 35.5. The number of nitrogens with zero attached hydrogens (tertiary/aromatic N) is 1. The van der Waals surface area contributed by atoms with E-state index in [0.29, 0.717) is 28.1 Å². The van der Waals surface area contributed by atoms with Gasteiger partial charge in [0.2, 0.25) is 0 Å². The summed E-state index contributed by atoms with van der Waals surface area (Å²) in [5, 5.41) is 6.15. The van der Waals surface area contributed by atoms with Crippen molar-refractivity contribution in [2.45, 2.75) is 25.6 Å². The van der Waals surface area contributed by atoms with E-state index in [0.717, 1.165) is 34.6 Å². The number of ether oxygens (including phenoxy) is 1. The summed E-state index contributed by atoms with van der Waals surface area (Å²) < 4.78 is 6.04. The molecule has 0 saturated heterocycles. The van der Waals surface area contributed by atoms with Crippen molar-refractivity contribution < 1.29 is 9.57 Å². The highest BCUT2D eigenvalue weighted by Crippen LogP contribution is 2.29. The summed E-state index contributed by atoms with van der Waals surface area (Å²) in [5.74, 6) is 0.784. The van der Waals surface area contributed by atoms with Crippen LogP contribution in [-0.4, -0.2) is 11.8 Å². The van der Waals surface area contributed by atoms with Gasteiger partial charge >= 0.3 is 0 Å². The Balaban J connectivity index is 1.42. The molecule has 1 aliphatic rings. The van der Waals surface area contributed by atoms with Gasteiger partial charge in [0.05, 0.1) is 5.71 Å². The molecule has 0 fully saturated rings. The smallest absolute Gasteiger partial charge is 0.137 e. The fourth-order valence-corrected chi connectivity index (χ4v) is 3.86. The Morgan fingerprint density at radius 2 is 1.62 bits per heavy atom. The molecule has 6 heteroatoms. The number of oxime groups is 1. The lowest BCUT2D eigenvalue weighted by Gasteiger charge is -2.15. The molecule has 0 unspecified atom stereocenters. The zero-order valence-corrected chi connectivity index (χ0v) is 17.7. The van der Waals surface area contributed by atoms with Crippen molar-refractivity contribution in [1.29, 1.82) is 0 Å². The first-order valence-electron chi connectivity index (χ1n) is 9.22. The van der Waals surface area contributed by atoms with E-state index in [1.54, 1.807) is 12.1 Å². The summed E-state index contributed by atoms with van der Waals surface area (Å²) in [6.07, 6.45) is 1.37. The van der Waals surface area contributed by atoms with Crippen LogP contribution < -0.4 is 4.74 Å². The van der Waals surface area contributed by atoms with Crippen molar-refractivity contribution in [3.05, 3.63) is 98.5 Å². The van der Waals surface area contributed by atoms with Gasteiger partial charge in [-0.3, -0.25) is 0 Å². The minimum atomic E-state index is -0.0469. The molecule has 0 aliphatic carbocycles. The molecule has 1 atom stereocenters. The molecule has 1 aliphatic heterocycles. The number of hydrogen-bond donors (Lipinski definition) is 0. The van der Waals surface area contributed by atoms with E-state index in [1.807, 2.05) is 54.6 Å². The largest absolute Gasteiger partial charge is 0.489 e. The number of hydrogen-bond acceptors (Lipinski definition) is 3. The summed E-state index contributed by atoms with van der Waals surface area (Å²) in [4.78, 5) is 5.67. The van der Waals surface area contributed by atoms with Crippen LogP contribution >= 0.6 is 34.8 Å². The van der Waals surface area contributed by atoms with Gasteiger partial charge in [0.1, 0.15) is 18.5 Å². The van der Waals surface area contributed by atoms with Crippen LogP contribution in [0, 0.1) is 0 Å². The van der Waals surface area contributed by atoms with Gasteiger partial charge in [0, 0.05) is 33.5 Å². The topological polar surface area (TPSA) is 30.8 Å². The molecule has 0 spiro atoms. The number of para-hydroxylation sites is 1. The Labute approximate surface area is 184 Å². The maximum atomic E-state index is 6.25. The minimum absolute atomic E-state index is 0.0469. The Morgan fingerprint density at radius 3 is 2.38 bits per heavy atom. The van der Waals surface area contributed by atoms with Crippen LogP contribution in [0.25, 0.3) is 0 Å². The predicted octanol–water partition coefficient (Wildman–Crippen LogP) is 6.96. The molecule has 4 rings (SSSR count). The van der Waals surface area contributed by atoms with E-state index < -0.39 is 0 Å². The molecule has 3 nitrogen and oxygen atoms in total. The van der Waals surface area contributed by atoms with Gasteiger partial charge < -0.3 is 9.57 Å². The van der Waals surface area contributed by atoms with Crippen molar-refractivity contribution in [2.75, 3.05) is 0 Å². The summed E-state index contributed by atoms with van der Waals surface area (Å²) in [6, 6.07) is 21.0. The van der Waals surface area contributed by atoms with E-state index in [9.17, 15) is 0 Å². The summed E-state index contributed by atoms with van der Waals surface area (Å²) in [7, 11) is 0. The second-order valence-electron chi connectivity index (χ2n) is 6.78. The minimum Gasteiger partial charge on any atom is -0.489 e. The summed E-state index contributed by atoms with van der Waals surface area (Å²) in [6.45, 7) is 0.299. The quantitative estimate of drug-likeness (QED) is 0.410. The molecule has 0 radical (unpaired) electrons. The zero-order valence-electron chi connectivity index (χ0n) is 15.4. The maximum absolute atomic E-state index is 6.25. The molecular weight excluding hydrogens is 429 g/mol. The second kappa shape index (κ2) is 9.08. The first-order valence-corrected chi connectivity index (χ1v) is 10.4. The normalized spacial score (nSPS) is 15.7. The molecule has 0 bridgehead atoms. The van der Waals surface area contributed by atoms with E-state index in [-0.39, 0.29) is 6.10 Å². The standard InChI is InChI=1S/C23H18Cl3NO2/c24-17-10-8-15(9-11-17)22-13-18(29-27-22)12-16-4-1-2-7-23(16)28-14-19-20(25)5-3-6-21(19)26/h1-11,18H,12-14H2/t18-/m1/s1. The fourth-order valence-electron chi connectivity index (χ4n) is 3.23. The Kier molecular flexibility index (Phi) is 6.29. The molecule has 0 N–H and O–H groups in total. The van der Waals surface area contributed by atoms with E-state index in [1.165, 1.54) is 0 Å². The Hall–Kier alpha value is -2.20. The van der Waals surface area contributed by atoms with Gasteiger partial charge in [-0.25, -0.2) is 0 Å². The van der Waals surface area contributed by atoms with E-state index >= 15 is 0 Å². The van der Waals surface area contributed by atoms with Gasteiger partial charge in [0.25, 0.3) is 0 Å². The number of benzene rings is 3. The van der Waals surface area contributed by atoms with Crippen molar-refractivity contribution in [3.63, 3.8) is 0 Å². The van der Waals surface area contributed by atoms with Crippen LogP contribution in [0.1, 0.15) is 23.1 Å². The average Bonchev–Trinajstić information content (AvgIpc) is 3.18. The monoisotopic (exact) mass is 445 g/mol. The van der Waals surface area contributed by atoms with Crippen LogP contribution in [0.2, 0.25) is 15.1 Å². The van der Waals surface area contributed by atoms with Crippen LogP contribution in [0.15, 0.2) is 71.9 Å². The third-order valence-corrected chi connectivity index (χ3v) is 5.72. The van der Waals surface area contributed by atoms with E-state index in [4.69, 9.17) is 44.4 Å². The molecule has 0 aromatic heterocycles. The second-order valence-corrected chi connectivity index (χ2v) is 8.03. The van der Waals surface area contributed by atoms with Crippen molar-refractivity contribution in [1.82, 2.24) is 0 Å². The highest BCUT2D eigenvalue weighted by Gasteiger charge is 2.23. The third-order valence-electron chi connectivity index (χ3n) is 4.76. The van der Waals surface area contributed by atoms with Crippen LogP contribution in [0.5, 0.6) is 5.75 Å². The maximum Gasteiger partial charge on any atom is 0.137 e. The van der Waals surface area contributed by atoms with E-state index in [2.05, 4.69) is 5.16 Å². The lowest BCUT2D eigenvalue weighted by atomic mass is 10.00. The SMILES string of the molecule is Clc1ccc(C2=NO[C@H](Cc3ccccc3OCc3c(Cl)cccc3Cl)C2)cc1. The Morgan fingerprint density at radius 1 is 0.897 bits per heavy atom. The lowest BCUT2D eigenvalue weighted by molar-refractivity contribution is 0.0852. The van der Waals surface area contributed by atoms with Gasteiger partial charge in [0.15, 0.2) is 0 Å². The van der Waals surface area contributed by atoms with Crippen molar-refractivity contribution >= 4 is 40.5 Å². The molecule has 29 heavy (non-hydrogen) atoms. The molecule has 0 saturated carbocycles. The molecule has 148 valence electrons. The summed E-state index contributed by atoms with van der Waals surface area (Å²) >= 11 is 18.5. The van der Waals surface area contributed by atoms with Crippen molar-refractivity contribution in [3.8, 4) is 5.75 Å². The van der Waals surface area contributed by atoms with Crippen LogP contribution in [0.3, 0.4) is 0 Å². The number of halogens is 3. The van der Waals surface area contributed by atoms with Crippen LogP contribution in [0.4, 0.5) is 0 Å². The molecule has 3 aromatic carbocycles. The molecule has 0 amide bonds. The lowest BCUT2D eigenvalue weighted by Crippen LogP contribution is -2.13. The highest BCUT2D eigenvalue weighted by molar-refractivity contribution is 6.36. The van der Waals surface area contributed by atoms with Gasteiger partial charge in [-0.05, 0) is 41.5 Å². The molecule has 1 heterocycles. The van der Waals surface area contributed by atoms with Gasteiger partial charge in [-0.1, -0.05) is 76.4 Å². The Bertz CT molecular complexity index is 1010. The zero-order chi connectivity index (χ0) is 20.2. The van der Waals surface area contributed by atoms with Crippen molar-refractivity contribution in [2.24, 2.45) is 5.16 Å². The molecular formula is C23H18Cl3NO2. The average molecular weight is 447 g/mol. The summed E-state index contributed by atoms with van der Waals surface area (Å²) in [5.41, 5.74) is 3.77. The third kappa shape index (κ3) is 4.87. The first-order chi connectivity index (χ1) is 14.1. The first kappa shape index (κ1) is 20.1. The van der Waals surface area contributed by atoms with Crippen LogP contribution in [-0.2, 0) is 17.9 Å². The number of rotatable bonds is 6.